The molecule has 1 amide bonds. The normalized spacial score (nSPS) is 20.0. The molecule has 1 heterocycles. The van der Waals surface area contributed by atoms with Crippen LogP contribution in [0.4, 0.5) is 0 Å². The highest BCUT2D eigenvalue weighted by atomic mass is 16.6. The summed E-state index contributed by atoms with van der Waals surface area (Å²) in [7, 11) is 0. The fraction of sp³-hybridized carbons (Fsp3) is 0.417. The first kappa shape index (κ1) is 10.8. The topological polar surface area (TPSA) is 47.6 Å². The lowest BCUT2D eigenvalue weighted by molar-refractivity contribution is -0.120. The average molecular weight is 221 g/mol. The first-order valence-electron chi connectivity index (χ1n) is 5.32. The van der Waals surface area contributed by atoms with Crippen LogP contribution in [0.25, 0.3) is 0 Å². The molecule has 0 aliphatic carbocycles. The summed E-state index contributed by atoms with van der Waals surface area (Å²) in [6.07, 6.45) is -0.140. The van der Waals surface area contributed by atoms with Crippen molar-refractivity contribution in [2.24, 2.45) is 0 Å². The lowest BCUT2D eigenvalue weighted by Crippen LogP contribution is -2.47. The molecular formula is C12H15NO3. The second-order valence-electron chi connectivity index (χ2n) is 3.90. The van der Waals surface area contributed by atoms with Crippen molar-refractivity contribution in [2.75, 3.05) is 6.61 Å². The number of nitrogens with one attached hydrogen (secondary N) is 1. The number of hydrogen-bond donors (Lipinski definition) is 1. The van der Waals surface area contributed by atoms with Gasteiger partial charge in [-0.3, -0.25) is 4.79 Å². The van der Waals surface area contributed by atoms with Crippen molar-refractivity contribution in [3.8, 4) is 11.5 Å². The van der Waals surface area contributed by atoms with Crippen LogP contribution >= 0.6 is 0 Å². The number of hydrogen-bond acceptors (Lipinski definition) is 3. The van der Waals surface area contributed by atoms with Gasteiger partial charge < -0.3 is 14.8 Å². The Morgan fingerprint density at radius 1 is 1.44 bits per heavy atom. The first-order valence-corrected chi connectivity index (χ1v) is 5.32. The van der Waals surface area contributed by atoms with Crippen molar-refractivity contribution in [1.29, 1.82) is 0 Å². The van der Waals surface area contributed by atoms with Gasteiger partial charge in [-0.25, -0.2) is 0 Å². The van der Waals surface area contributed by atoms with E-state index in [0.717, 1.165) is 11.5 Å². The van der Waals surface area contributed by atoms with Gasteiger partial charge in [-0.1, -0.05) is 12.1 Å². The molecule has 16 heavy (non-hydrogen) atoms. The molecular weight excluding hydrogens is 206 g/mol. The van der Waals surface area contributed by atoms with E-state index in [1.165, 1.54) is 6.92 Å². The Bertz CT molecular complexity index is 392. The summed E-state index contributed by atoms with van der Waals surface area (Å²) in [5.41, 5.74) is 0. The van der Waals surface area contributed by atoms with E-state index in [-0.39, 0.29) is 18.1 Å². The third-order valence-electron chi connectivity index (χ3n) is 2.52. The Morgan fingerprint density at radius 2 is 2.12 bits per heavy atom. The Morgan fingerprint density at radius 3 is 2.81 bits per heavy atom. The maximum absolute atomic E-state index is 10.9. The van der Waals surface area contributed by atoms with Gasteiger partial charge in [0, 0.05) is 6.92 Å². The van der Waals surface area contributed by atoms with Crippen molar-refractivity contribution >= 4 is 5.91 Å². The SMILES string of the molecule is CC(=O)N[C@H](C)[C@@H]1COc2ccccc2O1. The van der Waals surface area contributed by atoms with Crippen molar-refractivity contribution < 1.29 is 14.3 Å². The molecule has 0 aromatic heterocycles. The largest absolute Gasteiger partial charge is 0.486 e. The molecule has 1 aromatic rings. The molecule has 0 radical (unpaired) electrons. The molecule has 0 saturated carbocycles. The average Bonchev–Trinajstić information content (AvgIpc) is 2.27. The molecule has 1 aromatic carbocycles. The Balaban J connectivity index is 2.05. The van der Waals surface area contributed by atoms with Crippen LogP contribution in [-0.4, -0.2) is 24.7 Å². The molecule has 4 heteroatoms. The van der Waals surface area contributed by atoms with Crippen molar-refractivity contribution in [2.45, 2.75) is 26.0 Å². The number of para-hydroxylation sites is 2. The molecule has 1 N–H and O–H groups in total. The van der Waals surface area contributed by atoms with Crippen molar-refractivity contribution in [3.05, 3.63) is 24.3 Å². The predicted octanol–water partition coefficient (Wildman–Crippen LogP) is 1.35. The summed E-state index contributed by atoms with van der Waals surface area (Å²) in [5, 5.41) is 2.80. The van der Waals surface area contributed by atoms with E-state index in [1.807, 2.05) is 31.2 Å². The molecule has 4 nitrogen and oxygen atoms in total. The van der Waals surface area contributed by atoms with Crippen LogP contribution in [0.1, 0.15) is 13.8 Å². The lowest BCUT2D eigenvalue weighted by atomic mass is 10.1. The summed E-state index contributed by atoms with van der Waals surface area (Å²) in [6, 6.07) is 7.47. The van der Waals surface area contributed by atoms with E-state index in [4.69, 9.17) is 9.47 Å². The molecule has 86 valence electrons. The van der Waals surface area contributed by atoms with Crippen molar-refractivity contribution in [1.82, 2.24) is 5.32 Å². The van der Waals surface area contributed by atoms with Crippen LogP contribution in [-0.2, 0) is 4.79 Å². The van der Waals surface area contributed by atoms with Crippen molar-refractivity contribution in [3.63, 3.8) is 0 Å². The van der Waals surface area contributed by atoms with Gasteiger partial charge in [0.25, 0.3) is 0 Å². The van der Waals surface area contributed by atoms with Crippen LogP contribution in [0.3, 0.4) is 0 Å². The number of carbonyl (C=O) groups excluding carboxylic acids is 1. The van der Waals surface area contributed by atoms with Crippen LogP contribution in [0.2, 0.25) is 0 Å². The van der Waals surface area contributed by atoms with Gasteiger partial charge in [-0.05, 0) is 19.1 Å². The zero-order valence-electron chi connectivity index (χ0n) is 9.40. The van der Waals surface area contributed by atoms with Gasteiger partial charge in [0.2, 0.25) is 5.91 Å². The first-order chi connectivity index (χ1) is 7.66. The monoisotopic (exact) mass is 221 g/mol. The number of fused-ring (bicyclic) bond motifs is 1. The highest BCUT2D eigenvalue weighted by Gasteiger charge is 2.26. The van der Waals surface area contributed by atoms with E-state index >= 15 is 0 Å². The number of benzene rings is 1. The Kier molecular flexibility index (Phi) is 2.99. The fourth-order valence-corrected chi connectivity index (χ4v) is 1.70. The number of amides is 1. The third-order valence-corrected chi connectivity index (χ3v) is 2.52. The maximum atomic E-state index is 10.9. The molecule has 2 rings (SSSR count). The predicted molar refractivity (Wildman–Crippen MR) is 59.6 cm³/mol. The lowest BCUT2D eigenvalue weighted by Gasteiger charge is -2.30. The summed E-state index contributed by atoms with van der Waals surface area (Å²) in [4.78, 5) is 10.9. The van der Waals surface area contributed by atoms with E-state index in [0.29, 0.717) is 6.61 Å². The Labute approximate surface area is 94.6 Å². The van der Waals surface area contributed by atoms with Gasteiger partial charge in [0.05, 0.1) is 6.04 Å². The highest BCUT2D eigenvalue weighted by molar-refractivity contribution is 5.73. The van der Waals surface area contributed by atoms with E-state index in [9.17, 15) is 4.79 Å². The Hall–Kier alpha value is -1.71. The number of carbonyl (C=O) groups is 1. The van der Waals surface area contributed by atoms with Gasteiger partial charge in [0.15, 0.2) is 17.6 Å². The van der Waals surface area contributed by atoms with Gasteiger partial charge in [-0.15, -0.1) is 0 Å². The molecule has 0 unspecified atom stereocenters. The van der Waals surface area contributed by atoms with Gasteiger partial charge >= 0.3 is 0 Å². The smallest absolute Gasteiger partial charge is 0.217 e. The van der Waals surface area contributed by atoms with Gasteiger partial charge in [0.1, 0.15) is 6.61 Å². The summed E-state index contributed by atoms with van der Waals surface area (Å²) < 4.78 is 11.3. The molecule has 1 aliphatic heterocycles. The fourth-order valence-electron chi connectivity index (χ4n) is 1.70. The number of rotatable bonds is 2. The quantitative estimate of drug-likeness (QED) is 0.820. The van der Waals surface area contributed by atoms with Crippen LogP contribution in [0.15, 0.2) is 24.3 Å². The summed E-state index contributed by atoms with van der Waals surface area (Å²) in [6.45, 7) is 3.86. The minimum atomic E-state index is -0.140. The third kappa shape index (κ3) is 2.27. The number of ether oxygens (including phenoxy) is 2. The molecule has 0 bridgehead atoms. The second kappa shape index (κ2) is 4.43. The molecule has 0 saturated heterocycles. The molecule has 1 aliphatic rings. The molecule has 0 spiro atoms. The van der Waals surface area contributed by atoms with Crippen LogP contribution in [0, 0.1) is 0 Å². The summed E-state index contributed by atoms with van der Waals surface area (Å²) >= 11 is 0. The van der Waals surface area contributed by atoms with Crippen LogP contribution in [0.5, 0.6) is 11.5 Å². The minimum absolute atomic E-state index is 0.0602. The zero-order valence-corrected chi connectivity index (χ0v) is 9.40. The highest BCUT2D eigenvalue weighted by Crippen LogP contribution is 2.31. The van der Waals surface area contributed by atoms with E-state index < -0.39 is 0 Å². The second-order valence-corrected chi connectivity index (χ2v) is 3.90. The van der Waals surface area contributed by atoms with Gasteiger partial charge in [-0.2, -0.15) is 0 Å². The van der Waals surface area contributed by atoms with Crippen LogP contribution < -0.4 is 14.8 Å². The minimum Gasteiger partial charge on any atom is -0.486 e. The standard InChI is InChI=1S/C12H15NO3/c1-8(13-9(2)14)12-7-15-10-5-3-4-6-11(10)16-12/h3-6,8,12H,7H2,1-2H3,(H,13,14)/t8-,12+/m1/s1. The zero-order chi connectivity index (χ0) is 11.5. The van der Waals surface area contributed by atoms with E-state index in [2.05, 4.69) is 5.32 Å². The van der Waals surface area contributed by atoms with E-state index in [1.54, 1.807) is 0 Å². The molecule has 2 atom stereocenters. The summed E-state index contributed by atoms with van der Waals surface area (Å²) in [5.74, 6) is 1.43. The maximum Gasteiger partial charge on any atom is 0.217 e. The molecule has 0 fully saturated rings.